The summed E-state index contributed by atoms with van der Waals surface area (Å²) < 4.78 is 5.30. The average molecular weight is 391 g/mol. The smallest absolute Gasteiger partial charge is 0.320 e. The number of carbonyl (C=O) groups is 1. The lowest BCUT2D eigenvalue weighted by Crippen LogP contribution is -2.41. The molecule has 1 aromatic heterocycles. The first-order chi connectivity index (χ1) is 14.0. The summed E-state index contributed by atoms with van der Waals surface area (Å²) in [5, 5.41) is 9.00. The number of hydrogen-bond donors (Lipinski definition) is 0. The van der Waals surface area contributed by atoms with Gasteiger partial charge in [-0.05, 0) is 29.8 Å². The maximum Gasteiger partial charge on any atom is 0.320 e. The number of benzene rings is 1. The fourth-order valence-electron chi connectivity index (χ4n) is 4.55. The molecule has 3 atom stereocenters. The molecule has 7 heteroatoms. The van der Waals surface area contributed by atoms with Gasteiger partial charge in [-0.25, -0.2) is 9.78 Å². The van der Waals surface area contributed by atoms with Crippen molar-refractivity contribution in [1.29, 1.82) is 5.26 Å². The van der Waals surface area contributed by atoms with Crippen LogP contribution < -0.4 is 9.64 Å². The van der Waals surface area contributed by atoms with E-state index >= 15 is 0 Å². The van der Waals surface area contributed by atoms with Gasteiger partial charge in [-0.2, -0.15) is 5.26 Å². The van der Waals surface area contributed by atoms with Crippen LogP contribution in [-0.2, 0) is 0 Å². The Morgan fingerprint density at radius 2 is 1.93 bits per heavy atom. The fourth-order valence-corrected chi connectivity index (χ4v) is 4.55. The maximum atomic E-state index is 12.9. The van der Waals surface area contributed by atoms with Gasteiger partial charge in [0.1, 0.15) is 17.6 Å². The topological polar surface area (TPSA) is 72.7 Å². The van der Waals surface area contributed by atoms with Crippen molar-refractivity contribution in [3.8, 4) is 11.8 Å². The van der Waals surface area contributed by atoms with E-state index in [1.54, 1.807) is 38.4 Å². The van der Waals surface area contributed by atoms with E-state index in [1.165, 1.54) is 0 Å². The van der Waals surface area contributed by atoms with Crippen LogP contribution in [0.2, 0.25) is 0 Å². The summed E-state index contributed by atoms with van der Waals surface area (Å²) in [7, 11) is 5.25. The lowest BCUT2D eigenvalue weighted by Gasteiger charge is -2.32. The molecule has 0 unspecified atom stereocenters. The minimum atomic E-state index is 0.0178. The van der Waals surface area contributed by atoms with Crippen LogP contribution >= 0.6 is 0 Å². The lowest BCUT2D eigenvalue weighted by molar-refractivity contribution is 0.159. The van der Waals surface area contributed by atoms with E-state index in [0.29, 0.717) is 17.4 Å². The first kappa shape index (κ1) is 19.1. The van der Waals surface area contributed by atoms with Crippen molar-refractivity contribution < 1.29 is 9.53 Å². The molecule has 2 aromatic rings. The molecule has 2 saturated heterocycles. The highest BCUT2D eigenvalue weighted by Gasteiger charge is 2.49. The zero-order valence-electron chi connectivity index (χ0n) is 16.9. The Kier molecular flexibility index (Phi) is 5.01. The van der Waals surface area contributed by atoms with Crippen LogP contribution in [0.1, 0.15) is 17.2 Å². The molecular formula is C22H25N5O2. The Morgan fingerprint density at radius 1 is 1.17 bits per heavy atom. The number of carbonyl (C=O) groups excluding carboxylic acids is 1. The highest BCUT2D eigenvalue weighted by Crippen LogP contribution is 2.46. The quantitative estimate of drug-likeness (QED) is 0.804. The van der Waals surface area contributed by atoms with Gasteiger partial charge in [0.15, 0.2) is 0 Å². The number of urea groups is 1. The van der Waals surface area contributed by atoms with Crippen molar-refractivity contribution in [3.63, 3.8) is 0 Å². The Balaban J connectivity index is 1.61. The summed E-state index contributed by atoms with van der Waals surface area (Å²) in [5.41, 5.74) is 1.69. The summed E-state index contributed by atoms with van der Waals surface area (Å²) in [6, 6.07) is 13.9. The third-order valence-electron chi connectivity index (χ3n) is 5.95. The molecular weight excluding hydrogens is 366 g/mol. The van der Waals surface area contributed by atoms with Gasteiger partial charge >= 0.3 is 6.03 Å². The third kappa shape index (κ3) is 3.46. The average Bonchev–Trinajstić information content (AvgIpc) is 3.31. The fraction of sp³-hybridized carbons (Fsp3) is 0.409. The zero-order valence-corrected chi connectivity index (χ0v) is 16.9. The Morgan fingerprint density at radius 3 is 2.52 bits per heavy atom. The van der Waals surface area contributed by atoms with Crippen LogP contribution in [0.4, 0.5) is 10.6 Å². The molecule has 0 saturated carbocycles. The third-order valence-corrected chi connectivity index (χ3v) is 5.95. The number of rotatable bonds is 3. The normalized spacial score (nSPS) is 22.9. The van der Waals surface area contributed by atoms with Crippen LogP contribution in [-0.4, -0.2) is 61.7 Å². The summed E-state index contributed by atoms with van der Waals surface area (Å²) in [6.45, 7) is 2.41. The van der Waals surface area contributed by atoms with Crippen molar-refractivity contribution in [1.82, 2.24) is 14.8 Å². The molecule has 3 heterocycles. The van der Waals surface area contributed by atoms with E-state index in [9.17, 15) is 4.79 Å². The van der Waals surface area contributed by atoms with E-state index in [-0.39, 0.29) is 12.1 Å². The van der Waals surface area contributed by atoms with Gasteiger partial charge in [0.2, 0.25) is 0 Å². The van der Waals surface area contributed by atoms with Gasteiger partial charge in [-0.3, -0.25) is 0 Å². The summed E-state index contributed by atoms with van der Waals surface area (Å²) >= 11 is 0. The lowest BCUT2D eigenvalue weighted by atomic mass is 9.89. The second-order valence-corrected chi connectivity index (χ2v) is 7.89. The molecule has 2 aliphatic heterocycles. The van der Waals surface area contributed by atoms with E-state index in [0.717, 1.165) is 36.8 Å². The highest BCUT2D eigenvalue weighted by atomic mass is 16.5. The van der Waals surface area contributed by atoms with Crippen molar-refractivity contribution in [3.05, 3.63) is 53.7 Å². The second kappa shape index (κ2) is 7.63. The number of hydrogen-bond acceptors (Lipinski definition) is 5. The van der Waals surface area contributed by atoms with Gasteiger partial charge < -0.3 is 19.4 Å². The van der Waals surface area contributed by atoms with Gasteiger partial charge in [0, 0.05) is 51.8 Å². The van der Waals surface area contributed by atoms with Crippen molar-refractivity contribution >= 4 is 11.8 Å². The minimum absolute atomic E-state index is 0.0178. The predicted molar refractivity (Wildman–Crippen MR) is 110 cm³/mol. The summed E-state index contributed by atoms with van der Waals surface area (Å²) in [5.74, 6) is 2.40. The van der Waals surface area contributed by atoms with Crippen molar-refractivity contribution in [2.75, 3.05) is 45.7 Å². The van der Waals surface area contributed by atoms with Gasteiger partial charge in [0.25, 0.3) is 0 Å². The Labute approximate surface area is 171 Å². The molecule has 0 spiro atoms. The number of pyridine rings is 1. The first-order valence-corrected chi connectivity index (χ1v) is 9.74. The molecule has 0 radical (unpaired) electrons. The number of nitriles is 1. The molecule has 2 fully saturated rings. The molecule has 2 amide bonds. The maximum absolute atomic E-state index is 12.9. The van der Waals surface area contributed by atoms with E-state index in [4.69, 9.17) is 10.00 Å². The number of methoxy groups -OCH3 is 1. The SMILES string of the molecule is COc1ccc([C@H]2[C@@H]3CN(c4ccc(C#N)cn4)C[C@@H]3CN2C(=O)N(C)C)cc1. The number of anilines is 1. The van der Waals surface area contributed by atoms with Crippen LogP contribution in [0.15, 0.2) is 42.6 Å². The van der Waals surface area contributed by atoms with E-state index in [1.807, 2.05) is 23.1 Å². The number of likely N-dealkylation sites (tertiary alicyclic amines) is 1. The zero-order chi connectivity index (χ0) is 20.5. The second-order valence-electron chi connectivity index (χ2n) is 7.89. The van der Waals surface area contributed by atoms with Crippen LogP contribution in [0.3, 0.4) is 0 Å². The molecule has 2 aliphatic rings. The number of aromatic nitrogens is 1. The van der Waals surface area contributed by atoms with Crippen LogP contribution in [0.25, 0.3) is 0 Å². The first-order valence-electron chi connectivity index (χ1n) is 9.74. The molecule has 0 N–H and O–H groups in total. The molecule has 1 aromatic carbocycles. The predicted octanol–water partition coefficient (Wildman–Crippen LogP) is 2.75. The van der Waals surface area contributed by atoms with Gasteiger partial charge in [0.05, 0.1) is 18.7 Å². The number of ether oxygens (including phenoxy) is 1. The van der Waals surface area contributed by atoms with E-state index in [2.05, 4.69) is 28.1 Å². The minimum Gasteiger partial charge on any atom is -0.497 e. The summed E-state index contributed by atoms with van der Waals surface area (Å²) in [4.78, 5) is 23.3. The molecule has 4 rings (SSSR count). The largest absolute Gasteiger partial charge is 0.497 e. The van der Waals surface area contributed by atoms with Crippen LogP contribution in [0, 0.1) is 23.2 Å². The molecule has 150 valence electrons. The molecule has 29 heavy (non-hydrogen) atoms. The highest BCUT2D eigenvalue weighted by molar-refractivity contribution is 5.75. The number of fused-ring (bicyclic) bond motifs is 1. The number of amides is 2. The molecule has 7 nitrogen and oxygen atoms in total. The van der Waals surface area contributed by atoms with E-state index < -0.39 is 0 Å². The molecule has 0 aliphatic carbocycles. The van der Waals surface area contributed by atoms with Gasteiger partial charge in [-0.15, -0.1) is 0 Å². The van der Waals surface area contributed by atoms with Gasteiger partial charge in [-0.1, -0.05) is 12.1 Å². The monoisotopic (exact) mass is 391 g/mol. The molecule has 0 bridgehead atoms. The van der Waals surface area contributed by atoms with Crippen molar-refractivity contribution in [2.45, 2.75) is 6.04 Å². The summed E-state index contributed by atoms with van der Waals surface area (Å²) in [6.07, 6.45) is 1.62. The van der Waals surface area contributed by atoms with Crippen LogP contribution in [0.5, 0.6) is 5.75 Å². The number of nitrogens with zero attached hydrogens (tertiary/aromatic N) is 5. The Bertz CT molecular complexity index is 920. The van der Waals surface area contributed by atoms with Crippen molar-refractivity contribution in [2.24, 2.45) is 11.8 Å². The Hall–Kier alpha value is -3.27. The standard InChI is InChI=1S/C22H25N5O2/c1-25(2)22(28)27-13-17-12-26(20-9-4-15(10-23)11-24-20)14-19(17)21(27)16-5-7-18(29-3)8-6-16/h4-9,11,17,19,21H,12-14H2,1-3H3/t17-,19-,21+/m1/s1.